The Morgan fingerprint density at radius 3 is 2.62 bits per heavy atom. The average molecular weight is 467 g/mol. The number of anilines is 1. The number of carbonyl (C=O) groups is 2. The topological polar surface area (TPSA) is 148 Å². The van der Waals surface area contributed by atoms with E-state index in [0.717, 1.165) is 15.6 Å². The number of aromatic nitrogens is 4. The molecule has 2 aromatic heterocycles. The third-order valence-corrected chi connectivity index (χ3v) is 5.80. The van der Waals surface area contributed by atoms with E-state index in [1.165, 1.54) is 25.2 Å². The summed E-state index contributed by atoms with van der Waals surface area (Å²) in [5, 5.41) is 0.391. The maximum absolute atomic E-state index is 12.8. The molecular weight excluding hydrogens is 442 g/mol. The van der Waals surface area contributed by atoms with Crippen LogP contribution in [0.2, 0.25) is 0 Å². The van der Waals surface area contributed by atoms with Gasteiger partial charge in [-0.05, 0) is 30.5 Å². The molecule has 0 saturated heterocycles. The van der Waals surface area contributed by atoms with Crippen LogP contribution in [-0.4, -0.2) is 37.0 Å². The van der Waals surface area contributed by atoms with Crippen LogP contribution in [0.25, 0.3) is 10.9 Å². The van der Waals surface area contributed by atoms with Crippen LogP contribution in [0, 0.1) is 5.92 Å². The van der Waals surface area contributed by atoms with Crippen molar-refractivity contribution in [3.8, 4) is 0 Å². The van der Waals surface area contributed by atoms with Gasteiger partial charge in [-0.15, -0.1) is 0 Å². The van der Waals surface area contributed by atoms with Gasteiger partial charge in [-0.2, -0.15) is 0 Å². The van der Waals surface area contributed by atoms with Crippen molar-refractivity contribution < 1.29 is 14.3 Å². The molecule has 0 radical (unpaired) electrons. The summed E-state index contributed by atoms with van der Waals surface area (Å²) in [6, 6.07) is 4.37. The van der Waals surface area contributed by atoms with Crippen molar-refractivity contribution in [2.45, 2.75) is 39.8 Å². The molecule has 2 N–H and O–H groups in total. The molecule has 1 aromatic carbocycles. The van der Waals surface area contributed by atoms with E-state index in [2.05, 4.69) is 4.98 Å². The third kappa shape index (κ3) is 3.93. The number of Topliss-reactive ketones (excluding diaryl/α,β-unsaturated/α-hetero) is 1. The lowest BCUT2D eigenvalue weighted by Crippen LogP contribution is -2.43. The van der Waals surface area contributed by atoms with Crippen molar-refractivity contribution in [1.29, 1.82) is 0 Å². The first-order valence-electron chi connectivity index (χ1n) is 10.9. The van der Waals surface area contributed by atoms with Crippen LogP contribution < -0.4 is 22.5 Å². The number of fused-ring (bicyclic) bond motifs is 2. The van der Waals surface area contributed by atoms with Gasteiger partial charge in [-0.1, -0.05) is 13.8 Å². The molecule has 1 aliphatic rings. The fourth-order valence-electron chi connectivity index (χ4n) is 4.08. The summed E-state index contributed by atoms with van der Waals surface area (Å²) in [7, 11) is 1.26. The summed E-state index contributed by atoms with van der Waals surface area (Å²) < 4.78 is 8.72. The molecule has 3 aromatic rings. The maximum atomic E-state index is 12.8. The van der Waals surface area contributed by atoms with Gasteiger partial charge >= 0.3 is 11.7 Å². The van der Waals surface area contributed by atoms with Gasteiger partial charge < -0.3 is 10.5 Å². The monoisotopic (exact) mass is 467 g/mol. The molecule has 0 aliphatic carbocycles. The van der Waals surface area contributed by atoms with E-state index < -0.39 is 35.2 Å². The summed E-state index contributed by atoms with van der Waals surface area (Å²) >= 11 is 0. The number of carbonyl (C=O) groups excluding carboxylic acids is 2. The number of nitrogens with zero attached hydrogens (tertiary/aromatic N) is 4. The van der Waals surface area contributed by atoms with Crippen molar-refractivity contribution in [2.24, 2.45) is 13.0 Å². The lowest BCUT2D eigenvalue weighted by molar-refractivity contribution is 0.0474. The van der Waals surface area contributed by atoms with Crippen LogP contribution in [0.1, 0.15) is 46.8 Å². The van der Waals surface area contributed by atoms with E-state index in [1.807, 2.05) is 13.8 Å². The zero-order chi connectivity index (χ0) is 24.7. The second-order valence-corrected chi connectivity index (χ2v) is 8.73. The highest BCUT2D eigenvalue weighted by atomic mass is 16.5. The highest BCUT2D eigenvalue weighted by Crippen LogP contribution is 2.17. The number of aryl methyl sites for hydroxylation is 1. The minimum atomic E-state index is -0.854. The minimum Gasteiger partial charge on any atom is -0.454 e. The first kappa shape index (κ1) is 23.1. The summed E-state index contributed by atoms with van der Waals surface area (Å²) in [6.45, 7) is 3.82. The van der Waals surface area contributed by atoms with E-state index in [9.17, 15) is 24.0 Å². The number of hydrogen-bond donors (Lipinski definition) is 1. The van der Waals surface area contributed by atoms with Crippen LogP contribution in [0.4, 0.5) is 5.82 Å². The van der Waals surface area contributed by atoms with Crippen LogP contribution in [-0.2, 0) is 31.3 Å². The van der Waals surface area contributed by atoms with Gasteiger partial charge in [0.2, 0.25) is 5.78 Å². The number of hydrogen-bond acceptors (Lipinski definition) is 8. The number of benzene rings is 1. The second-order valence-electron chi connectivity index (χ2n) is 8.73. The van der Waals surface area contributed by atoms with Crippen molar-refractivity contribution in [3.63, 3.8) is 0 Å². The summed E-state index contributed by atoms with van der Waals surface area (Å²) in [5.41, 5.74) is 4.43. The molecule has 0 spiro atoms. The molecule has 1 aliphatic heterocycles. The molecule has 11 nitrogen and oxygen atoms in total. The van der Waals surface area contributed by atoms with Gasteiger partial charge in [0, 0.05) is 26.6 Å². The number of rotatable bonds is 6. The predicted molar refractivity (Wildman–Crippen MR) is 124 cm³/mol. The lowest BCUT2D eigenvalue weighted by atomic mass is 10.1. The van der Waals surface area contributed by atoms with E-state index in [0.29, 0.717) is 29.7 Å². The molecule has 4 rings (SSSR count). The molecule has 3 heterocycles. The highest BCUT2D eigenvalue weighted by molar-refractivity contribution is 6.02. The third-order valence-electron chi connectivity index (χ3n) is 5.80. The fraction of sp³-hybridized carbons (Fsp3) is 0.391. The number of nitrogen functional groups attached to an aromatic ring is 1. The summed E-state index contributed by atoms with van der Waals surface area (Å²) in [6.07, 6.45) is 1.52. The maximum Gasteiger partial charge on any atom is 0.338 e. The zero-order valence-corrected chi connectivity index (χ0v) is 19.2. The Hall–Kier alpha value is -4.02. The van der Waals surface area contributed by atoms with E-state index in [4.69, 9.17) is 10.5 Å². The molecule has 0 saturated carbocycles. The molecule has 0 fully saturated rings. The van der Waals surface area contributed by atoms with E-state index >= 15 is 0 Å². The Bertz CT molecular complexity index is 1510. The van der Waals surface area contributed by atoms with Crippen molar-refractivity contribution in [2.75, 3.05) is 12.3 Å². The standard InChI is InChI=1S/C23H25N5O6/c1-12(2)10-28-19(24)18(21(31)26(3)23(28)33)16(29)11-34-22(32)13-6-7-14-15(9-13)25-17-5-4-8-27(17)20(14)30/h6-7,9,12H,4-5,8,10-11,24H2,1-3H3. The van der Waals surface area contributed by atoms with E-state index in [-0.39, 0.29) is 29.4 Å². The Morgan fingerprint density at radius 1 is 1.18 bits per heavy atom. The number of nitrogens with two attached hydrogens (primary N) is 1. The van der Waals surface area contributed by atoms with Gasteiger partial charge in [0.05, 0.1) is 16.5 Å². The van der Waals surface area contributed by atoms with Crippen LogP contribution in [0.15, 0.2) is 32.6 Å². The Labute approximate surface area is 193 Å². The lowest BCUT2D eigenvalue weighted by Gasteiger charge is -2.16. The van der Waals surface area contributed by atoms with Gasteiger partial charge in [0.25, 0.3) is 11.1 Å². The molecule has 0 unspecified atom stereocenters. The molecule has 11 heteroatoms. The average Bonchev–Trinajstić information content (AvgIpc) is 3.27. The quantitative estimate of drug-likeness (QED) is 0.407. The molecule has 34 heavy (non-hydrogen) atoms. The van der Waals surface area contributed by atoms with E-state index in [1.54, 1.807) is 4.57 Å². The Kier molecular flexibility index (Phi) is 5.94. The Balaban J connectivity index is 1.59. The van der Waals surface area contributed by atoms with Crippen LogP contribution >= 0.6 is 0 Å². The SMILES string of the molecule is CC(C)Cn1c(N)c(C(=O)COC(=O)c2ccc3c(=O)n4c(nc3c2)CCC4)c(=O)n(C)c1=O. The second kappa shape index (κ2) is 8.73. The number of esters is 1. The zero-order valence-electron chi connectivity index (χ0n) is 19.2. The molecule has 0 bridgehead atoms. The molecular formula is C23H25N5O6. The predicted octanol–water partition coefficient (Wildman–Crippen LogP) is 0.481. The Morgan fingerprint density at radius 2 is 1.91 bits per heavy atom. The summed E-state index contributed by atoms with van der Waals surface area (Å²) in [5.74, 6) is -1.19. The largest absolute Gasteiger partial charge is 0.454 e. The normalized spacial score (nSPS) is 12.8. The van der Waals surface area contributed by atoms with Gasteiger partial charge in [-0.3, -0.25) is 28.1 Å². The van der Waals surface area contributed by atoms with Gasteiger partial charge in [0.1, 0.15) is 17.2 Å². The van der Waals surface area contributed by atoms with Crippen molar-refractivity contribution >= 4 is 28.5 Å². The molecule has 0 amide bonds. The number of ketones is 1. The minimum absolute atomic E-state index is 0.0362. The van der Waals surface area contributed by atoms with Crippen LogP contribution in [0.3, 0.4) is 0 Å². The van der Waals surface area contributed by atoms with Gasteiger partial charge in [0.15, 0.2) is 6.61 Å². The first-order valence-corrected chi connectivity index (χ1v) is 10.9. The first-order chi connectivity index (χ1) is 16.1. The highest BCUT2D eigenvalue weighted by Gasteiger charge is 2.24. The molecule has 178 valence electrons. The van der Waals surface area contributed by atoms with Crippen molar-refractivity contribution in [1.82, 2.24) is 18.7 Å². The number of ether oxygens (including phenoxy) is 1. The van der Waals surface area contributed by atoms with Crippen LogP contribution in [0.5, 0.6) is 0 Å². The molecule has 0 atom stereocenters. The smallest absolute Gasteiger partial charge is 0.338 e. The summed E-state index contributed by atoms with van der Waals surface area (Å²) in [4.78, 5) is 67.3. The fourth-order valence-corrected chi connectivity index (χ4v) is 4.08. The van der Waals surface area contributed by atoms with Gasteiger partial charge in [-0.25, -0.2) is 14.6 Å². The van der Waals surface area contributed by atoms with Crippen molar-refractivity contribution in [3.05, 3.63) is 66.3 Å².